The number of nitrogens with zero attached hydrogens (tertiary/aromatic N) is 1. The van der Waals surface area contributed by atoms with Gasteiger partial charge in [-0.3, -0.25) is 19.3 Å². The standard InChI is InChI=1S/C29H34N2O8/c1-12(2)15-4-5-18(32)20-16(15)6-13-7-17-22(31(3)14-8-28(9-14)10-39-11-28)24(34)21(27(30)37)26(36)29(17,38)25(35)19(13)23(20)33/h4-5,12-14,17,22,32-33,36,38H,6-11H2,1-3H3,(H2,30,37)/t13-,17-,22+,29-/m0/s1. The molecule has 1 amide bonds. The number of likely N-dealkylation sites (N-methyl/N-ethyl adjacent to an activating group) is 1. The summed E-state index contributed by atoms with van der Waals surface area (Å²) in [5.74, 6) is -6.25. The third kappa shape index (κ3) is 3.34. The lowest BCUT2D eigenvalue weighted by Crippen LogP contribution is -2.69. The maximum atomic E-state index is 14.1. The van der Waals surface area contributed by atoms with E-state index in [1.54, 1.807) is 18.0 Å². The fourth-order valence-electron chi connectivity index (χ4n) is 7.76. The van der Waals surface area contributed by atoms with Crippen LogP contribution >= 0.6 is 0 Å². The number of aliphatic hydroxyl groups excluding tert-OH is 2. The Morgan fingerprint density at radius 1 is 1.15 bits per heavy atom. The first-order valence-corrected chi connectivity index (χ1v) is 13.4. The van der Waals surface area contributed by atoms with Crippen LogP contribution in [0.5, 0.6) is 5.75 Å². The summed E-state index contributed by atoms with van der Waals surface area (Å²) in [5, 5.41) is 45.1. The van der Waals surface area contributed by atoms with E-state index in [-0.39, 0.29) is 40.7 Å². The van der Waals surface area contributed by atoms with E-state index in [0.717, 1.165) is 18.4 Å². The highest BCUT2D eigenvalue weighted by Crippen LogP contribution is 2.55. The van der Waals surface area contributed by atoms with Crippen molar-refractivity contribution in [3.63, 3.8) is 0 Å². The van der Waals surface area contributed by atoms with Crippen LogP contribution < -0.4 is 5.73 Å². The summed E-state index contributed by atoms with van der Waals surface area (Å²) in [6, 6.07) is 2.13. The molecule has 6 rings (SSSR count). The summed E-state index contributed by atoms with van der Waals surface area (Å²) in [7, 11) is 1.74. The summed E-state index contributed by atoms with van der Waals surface area (Å²) in [4.78, 5) is 42.0. The monoisotopic (exact) mass is 538 g/mol. The van der Waals surface area contributed by atoms with E-state index in [1.165, 1.54) is 6.07 Å². The van der Waals surface area contributed by atoms with E-state index in [2.05, 4.69) is 0 Å². The van der Waals surface area contributed by atoms with Gasteiger partial charge in [0.25, 0.3) is 5.91 Å². The van der Waals surface area contributed by atoms with Crippen molar-refractivity contribution in [3.8, 4) is 5.75 Å². The highest BCUT2D eigenvalue weighted by molar-refractivity contribution is 6.24. The Balaban J connectivity index is 1.48. The van der Waals surface area contributed by atoms with Gasteiger partial charge in [-0.15, -0.1) is 0 Å². The number of hydrogen-bond acceptors (Lipinski definition) is 9. The molecular formula is C29H34N2O8. The first-order valence-electron chi connectivity index (χ1n) is 13.4. The van der Waals surface area contributed by atoms with Crippen molar-refractivity contribution in [1.82, 2.24) is 4.90 Å². The molecule has 1 aromatic carbocycles. The van der Waals surface area contributed by atoms with Gasteiger partial charge in [-0.25, -0.2) is 0 Å². The van der Waals surface area contributed by atoms with Crippen LogP contribution in [-0.2, 0) is 25.5 Å². The van der Waals surface area contributed by atoms with Crippen LogP contribution in [0.25, 0.3) is 5.76 Å². The number of nitrogens with two attached hydrogens (primary N) is 1. The molecule has 4 aliphatic carbocycles. The molecule has 6 N–H and O–H groups in total. The summed E-state index contributed by atoms with van der Waals surface area (Å²) < 4.78 is 5.37. The minimum Gasteiger partial charge on any atom is -0.508 e. The van der Waals surface area contributed by atoms with Crippen molar-refractivity contribution in [2.45, 2.75) is 63.1 Å². The fraction of sp³-hybridized carbons (Fsp3) is 0.552. The molecule has 10 nitrogen and oxygen atoms in total. The minimum absolute atomic E-state index is 0.0431. The zero-order valence-corrected chi connectivity index (χ0v) is 22.2. The number of aliphatic hydroxyl groups is 3. The summed E-state index contributed by atoms with van der Waals surface area (Å²) >= 11 is 0. The summed E-state index contributed by atoms with van der Waals surface area (Å²) in [5.41, 5.74) is 3.76. The van der Waals surface area contributed by atoms with Crippen molar-refractivity contribution in [1.29, 1.82) is 0 Å². The maximum Gasteiger partial charge on any atom is 0.255 e. The number of carbonyl (C=O) groups is 3. The predicted molar refractivity (Wildman–Crippen MR) is 139 cm³/mol. The highest BCUT2D eigenvalue weighted by atomic mass is 16.5. The van der Waals surface area contributed by atoms with E-state index in [0.29, 0.717) is 25.2 Å². The smallest absolute Gasteiger partial charge is 0.255 e. The van der Waals surface area contributed by atoms with Gasteiger partial charge in [0.15, 0.2) is 11.4 Å². The van der Waals surface area contributed by atoms with Crippen LogP contribution in [0.3, 0.4) is 0 Å². The third-order valence-corrected chi connectivity index (χ3v) is 9.87. The van der Waals surface area contributed by atoms with Crippen LogP contribution in [0, 0.1) is 17.3 Å². The molecule has 0 radical (unpaired) electrons. The molecule has 208 valence electrons. The maximum absolute atomic E-state index is 14.1. The number of ether oxygens (including phenoxy) is 1. The Labute approximate surface area is 225 Å². The van der Waals surface area contributed by atoms with Crippen molar-refractivity contribution in [2.24, 2.45) is 23.0 Å². The van der Waals surface area contributed by atoms with Crippen LogP contribution in [0.4, 0.5) is 0 Å². The molecule has 39 heavy (non-hydrogen) atoms. The molecule has 1 saturated heterocycles. The molecule has 1 heterocycles. The van der Waals surface area contributed by atoms with Gasteiger partial charge in [0.2, 0.25) is 5.78 Å². The number of Topliss-reactive ketones (excluding diaryl/α,β-unsaturated/α-hetero) is 2. The van der Waals surface area contributed by atoms with Gasteiger partial charge >= 0.3 is 0 Å². The zero-order chi connectivity index (χ0) is 28.2. The number of benzene rings is 1. The Hall–Kier alpha value is -3.21. The SMILES string of the molecule is CC(C)c1ccc(O)c2c1C[C@H]1C[C@H]3[C@@H](N(C)C4CC5(COC5)C4)C(=O)C(C(N)=O)=C(O)[C@@]3(O)C(=O)C1=C2O. The number of primary amides is 1. The van der Waals surface area contributed by atoms with Crippen molar-refractivity contribution in [3.05, 3.63) is 45.7 Å². The summed E-state index contributed by atoms with van der Waals surface area (Å²) in [6.45, 7) is 5.28. The van der Waals surface area contributed by atoms with Crippen LogP contribution in [-0.4, -0.2) is 80.7 Å². The number of phenolic OH excluding ortho intramolecular Hbond substituents is 1. The van der Waals surface area contributed by atoms with Gasteiger partial charge in [-0.05, 0) is 61.8 Å². The molecular weight excluding hydrogens is 504 g/mol. The van der Waals surface area contributed by atoms with Crippen molar-refractivity contribution in [2.75, 3.05) is 20.3 Å². The Kier molecular flexibility index (Phi) is 5.60. The van der Waals surface area contributed by atoms with Crippen LogP contribution in [0.2, 0.25) is 0 Å². The Bertz CT molecular complexity index is 1380. The van der Waals surface area contributed by atoms with Crippen molar-refractivity contribution < 1.29 is 39.5 Å². The molecule has 2 saturated carbocycles. The van der Waals surface area contributed by atoms with Gasteiger partial charge in [0.1, 0.15) is 22.8 Å². The van der Waals surface area contributed by atoms with E-state index in [1.807, 2.05) is 13.8 Å². The number of ketones is 2. The second kappa shape index (κ2) is 8.39. The molecule has 1 aromatic rings. The zero-order valence-electron chi connectivity index (χ0n) is 22.2. The number of rotatable bonds is 4. The fourth-order valence-corrected chi connectivity index (χ4v) is 7.76. The van der Waals surface area contributed by atoms with Crippen LogP contribution in [0.1, 0.15) is 55.7 Å². The molecule has 5 aliphatic rings. The first-order chi connectivity index (χ1) is 18.3. The predicted octanol–water partition coefficient (Wildman–Crippen LogP) is 1.64. The topological polar surface area (TPSA) is 171 Å². The Morgan fingerprint density at radius 2 is 1.82 bits per heavy atom. The lowest BCUT2D eigenvalue weighted by Gasteiger charge is -2.58. The molecule has 3 fully saturated rings. The number of hydrogen-bond donors (Lipinski definition) is 5. The van der Waals surface area contributed by atoms with E-state index in [4.69, 9.17) is 10.5 Å². The molecule has 10 heteroatoms. The molecule has 1 spiro atoms. The minimum atomic E-state index is -2.64. The van der Waals surface area contributed by atoms with Gasteiger partial charge in [-0.1, -0.05) is 19.9 Å². The molecule has 0 aromatic heterocycles. The normalized spacial score (nSPS) is 31.7. The molecule has 0 unspecified atom stereocenters. The average Bonchev–Trinajstić information content (AvgIpc) is 2.79. The quantitative estimate of drug-likeness (QED) is 0.358. The van der Waals surface area contributed by atoms with E-state index < -0.39 is 58.0 Å². The van der Waals surface area contributed by atoms with Crippen molar-refractivity contribution >= 4 is 23.2 Å². The third-order valence-electron chi connectivity index (χ3n) is 9.87. The van der Waals surface area contributed by atoms with E-state index in [9.17, 15) is 34.8 Å². The second-order valence-corrected chi connectivity index (χ2v) is 12.4. The second-order valence-electron chi connectivity index (χ2n) is 12.4. The van der Waals surface area contributed by atoms with Gasteiger partial charge < -0.3 is 30.9 Å². The van der Waals surface area contributed by atoms with Gasteiger partial charge in [-0.2, -0.15) is 0 Å². The summed E-state index contributed by atoms with van der Waals surface area (Å²) in [6.07, 6.45) is 1.93. The van der Waals surface area contributed by atoms with Gasteiger partial charge in [0, 0.05) is 22.9 Å². The largest absolute Gasteiger partial charge is 0.508 e. The van der Waals surface area contributed by atoms with Gasteiger partial charge in [0.05, 0.1) is 24.8 Å². The Morgan fingerprint density at radius 3 is 2.38 bits per heavy atom. The number of aromatic hydroxyl groups is 1. The molecule has 0 bridgehead atoms. The van der Waals surface area contributed by atoms with E-state index >= 15 is 0 Å². The number of carbonyl (C=O) groups excluding carboxylic acids is 3. The number of fused-ring (bicyclic) bond motifs is 3. The lowest BCUT2D eigenvalue weighted by molar-refractivity contribution is -0.193. The molecule has 1 aliphatic heterocycles. The number of amides is 1. The average molecular weight is 539 g/mol. The van der Waals surface area contributed by atoms with Crippen LogP contribution in [0.15, 0.2) is 29.0 Å². The highest BCUT2D eigenvalue weighted by Gasteiger charge is 2.65. The molecule has 4 atom stereocenters. The lowest BCUT2D eigenvalue weighted by atomic mass is 9.56. The first kappa shape index (κ1) is 26.0. The number of phenols is 1.